The van der Waals surface area contributed by atoms with Gasteiger partial charge in [0.15, 0.2) is 0 Å². The quantitative estimate of drug-likeness (QED) is 0.0770. The average molecular weight is 864 g/mol. The summed E-state index contributed by atoms with van der Waals surface area (Å²) >= 11 is 0. The Hall–Kier alpha value is -5.55. The Morgan fingerprint density at radius 2 is 1.87 bits per heavy atom. The van der Waals surface area contributed by atoms with Crippen LogP contribution in [0.15, 0.2) is 90.1 Å². The van der Waals surface area contributed by atoms with E-state index in [0.717, 1.165) is 49.6 Å². The number of hydrogen-bond donors (Lipinski definition) is 3. The highest BCUT2D eigenvalue weighted by Crippen LogP contribution is 2.54. The molecule has 3 aromatic carbocycles. The normalized spacial score (nSPS) is 20.7. The van der Waals surface area contributed by atoms with E-state index >= 15 is 0 Å². The molecule has 1 amide bonds. The van der Waals surface area contributed by atoms with Gasteiger partial charge < -0.3 is 29.4 Å². The molecule has 9 rings (SSSR count). The maximum absolute atomic E-state index is 13.9. The number of piperidine rings is 1. The third-order valence-corrected chi connectivity index (χ3v) is 14.5. The number of nitro benzene ring substituents is 1. The minimum Gasteiger partial charge on any atom is -0.455 e. The van der Waals surface area contributed by atoms with Crippen LogP contribution < -0.4 is 19.7 Å². The molecule has 3 aliphatic heterocycles. The van der Waals surface area contributed by atoms with Crippen molar-refractivity contribution in [2.75, 3.05) is 56.2 Å². The fraction of sp³-hybridized carbons (Fsp3) is 0.435. The Labute approximate surface area is 361 Å². The zero-order valence-electron chi connectivity index (χ0n) is 35.0. The van der Waals surface area contributed by atoms with Crippen molar-refractivity contribution in [1.82, 2.24) is 19.6 Å². The zero-order valence-corrected chi connectivity index (χ0v) is 35.9. The molecule has 4 aliphatic rings. The summed E-state index contributed by atoms with van der Waals surface area (Å²) in [5, 5.41) is 15.8. The van der Waals surface area contributed by atoms with Crippen LogP contribution in [0.4, 0.5) is 17.1 Å². The lowest BCUT2D eigenvalue weighted by Gasteiger charge is -2.56. The minimum absolute atomic E-state index is 0.0245. The Balaban J connectivity index is 0.903. The summed E-state index contributed by atoms with van der Waals surface area (Å²) in [6.45, 7) is 8.84. The van der Waals surface area contributed by atoms with E-state index in [0.29, 0.717) is 54.6 Å². The van der Waals surface area contributed by atoms with E-state index in [9.17, 15) is 23.3 Å². The lowest BCUT2D eigenvalue weighted by atomic mass is 9.59. The fourth-order valence-corrected chi connectivity index (χ4v) is 10.9. The number of benzene rings is 3. The number of rotatable bonds is 13. The molecule has 1 aliphatic carbocycles. The molecule has 326 valence electrons. The van der Waals surface area contributed by atoms with Crippen LogP contribution >= 0.6 is 0 Å². The fourth-order valence-electron chi connectivity index (χ4n) is 9.90. The number of likely N-dealkylation sites (tertiary alicyclic amines) is 1. The molecule has 15 nitrogen and oxygen atoms in total. The maximum Gasteiger partial charge on any atom is 0.293 e. The highest BCUT2D eigenvalue weighted by Gasteiger charge is 2.50. The second kappa shape index (κ2) is 17.3. The molecule has 5 heterocycles. The molecule has 3 saturated heterocycles. The number of aromatic amines is 1. The highest BCUT2D eigenvalue weighted by atomic mass is 32.2. The Bertz CT molecular complexity index is 2560. The Kier molecular flexibility index (Phi) is 11.7. The lowest BCUT2D eigenvalue weighted by molar-refractivity contribution is -0.384. The highest BCUT2D eigenvalue weighted by molar-refractivity contribution is 7.90. The number of sulfonamides is 1. The monoisotopic (exact) mass is 863 g/mol. The van der Waals surface area contributed by atoms with Gasteiger partial charge >= 0.3 is 0 Å². The van der Waals surface area contributed by atoms with E-state index in [4.69, 9.17) is 14.2 Å². The zero-order chi connectivity index (χ0) is 43.0. The van der Waals surface area contributed by atoms with Crippen molar-refractivity contribution in [3.63, 3.8) is 0 Å². The maximum atomic E-state index is 13.9. The summed E-state index contributed by atoms with van der Waals surface area (Å²) < 4.78 is 46.8. The van der Waals surface area contributed by atoms with Crippen molar-refractivity contribution in [2.45, 2.75) is 81.4 Å². The summed E-state index contributed by atoms with van der Waals surface area (Å²) in [5.41, 5.74) is 4.41. The third-order valence-electron chi connectivity index (χ3n) is 13.2. The van der Waals surface area contributed by atoms with Gasteiger partial charge in [0.1, 0.15) is 22.8 Å². The molecule has 1 spiro atoms. The summed E-state index contributed by atoms with van der Waals surface area (Å²) in [6.07, 6.45) is 9.93. The number of nitrogens with zero attached hydrogens (tertiary/aromatic N) is 4. The van der Waals surface area contributed by atoms with E-state index < -0.39 is 31.4 Å². The van der Waals surface area contributed by atoms with Crippen LogP contribution in [0.5, 0.6) is 11.5 Å². The van der Waals surface area contributed by atoms with Crippen LogP contribution in [0.3, 0.4) is 0 Å². The largest absolute Gasteiger partial charge is 0.455 e. The number of ether oxygens (including phenoxy) is 3. The van der Waals surface area contributed by atoms with Gasteiger partial charge in [-0.15, -0.1) is 0 Å². The first-order chi connectivity index (χ1) is 29.9. The van der Waals surface area contributed by atoms with Crippen LogP contribution in [0.1, 0.15) is 85.8 Å². The van der Waals surface area contributed by atoms with Gasteiger partial charge in [-0.2, -0.15) is 0 Å². The summed E-state index contributed by atoms with van der Waals surface area (Å²) in [7, 11) is -4.57. The lowest BCUT2D eigenvalue weighted by Crippen LogP contribution is -2.54. The SMILES string of the molecule is CC(C)c1ccccc1[C@@H]1CCCN1C1CC2(CCN(c3ccc(C(=O)NS(=O)(=O)c4ccc(NC[C@H]5COCCO5)c([N+](=O)[O-])c4)c(Oc4cnc5[nH]ccc5c4)c3)CC2)C1. The Morgan fingerprint density at radius 3 is 2.65 bits per heavy atom. The van der Waals surface area contributed by atoms with Gasteiger partial charge in [-0.1, -0.05) is 38.1 Å². The van der Waals surface area contributed by atoms with Crippen LogP contribution in [-0.4, -0.2) is 92.3 Å². The number of H-pyrrole nitrogens is 1. The molecule has 5 aromatic rings. The molecule has 0 radical (unpaired) electrons. The van der Waals surface area contributed by atoms with Crippen molar-refractivity contribution < 1.29 is 32.3 Å². The average Bonchev–Trinajstić information content (AvgIpc) is 3.95. The first-order valence-electron chi connectivity index (χ1n) is 21.6. The number of aromatic nitrogens is 2. The number of nitrogens with one attached hydrogen (secondary N) is 3. The van der Waals surface area contributed by atoms with Crippen LogP contribution in [-0.2, 0) is 19.5 Å². The van der Waals surface area contributed by atoms with Crippen molar-refractivity contribution >= 4 is 44.0 Å². The van der Waals surface area contributed by atoms with Gasteiger partial charge in [0.25, 0.3) is 21.6 Å². The molecule has 16 heteroatoms. The molecular formula is C46H53N7O8S. The van der Waals surface area contributed by atoms with Crippen molar-refractivity contribution in [3.8, 4) is 11.5 Å². The van der Waals surface area contributed by atoms with Gasteiger partial charge in [-0.3, -0.25) is 19.8 Å². The predicted molar refractivity (Wildman–Crippen MR) is 236 cm³/mol. The number of amides is 1. The number of nitro groups is 1. The predicted octanol–water partition coefficient (Wildman–Crippen LogP) is 7.92. The number of fused-ring (bicyclic) bond motifs is 1. The van der Waals surface area contributed by atoms with E-state index in [1.165, 1.54) is 55.1 Å². The van der Waals surface area contributed by atoms with Gasteiger partial charge in [-0.05, 0) is 104 Å². The molecule has 0 unspecified atom stereocenters. The molecule has 4 fully saturated rings. The molecule has 2 aromatic heterocycles. The molecular weight excluding hydrogens is 811 g/mol. The van der Waals surface area contributed by atoms with Gasteiger partial charge in [-0.25, -0.2) is 18.1 Å². The molecule has 3 N–H and O–H groups in total. The number of pyridine rings is 1. The number of hydrogen-bond acceptors (Lipinski definition) is 12. The smallest absolute Gasteiger partial charge is 0.293 e. The van der Waals surface area contributed by atoms with E-state index in [-0.39, 0.29) is 29.6 Å². The Morgan fingerprint density at radius 1 is 1.05 bits per heavy atom. The van der Waals surface area contributed by atoms with E-state index in [2.05, 4.69) is 67.9 Å². The van der Waals surface area contributed by atoms with Crippen LogP contribution in [0, 0.1) is 15.5 Å². The minimum atomic E-state index is -4.57. The van der Waals surface area contributed by atoms with Gasteiger partial charge in [0, 0.05) is 61.1 Å². The summed E-state index contributed by atoms with van der Waals surface area (Å²) in [6, 6.07) is 22.3. The van der Waals surface area contributed by atoms with Gasteiger partial charge in [0.05, 0.1) is 47.5 Å². The molecule has 62 heavy (non-hydrogen) atoms. The van der Waals surface area contributed by atoms with Crippen molar-refractivity contribution in [3.05, 3.63) is 112 Å². The van der Waals surface area contributed by atoms with E-state index in [1.54, 1.807) is 24.4 Å². The van der Waals surface area contributed by atoms with Crippen molar-refractivity contribution in [1.29, 1.82) is 0 Å². The summed E-state index contributed by atoms with van der Waals surface area (Å²) in [4.78, 5) is 37.4. The van der Waals surface area contributed by atoms with Crippen LogP contribution in [0.25, 0.3) is 11.0 Å². The number of carbonyl (C=O) groups is 1. The topological polar surface area (TPSA) is 181 Å². The number of carbonyl (C=O) groups excluding carboxylic acids is 1. The second-order valence-electron chi connectivity index (χ2n) is 17.4. The molecule has 1 saturated carbocycles. The van der Waals surface area contributed by atoms with Crippen LogP contribution in [0.2, 0.25) is 0 Å². The first-order valence-corrected chi connectivity index (χ1v) is 23.1. The third kappa shape index (κ3) is 8.61. The van der Waals surface area contributed by atoms with E-state index in [1.807, 2.05) is 12.1 Å². The summed E-state index contributed by atoms with van der Waals surface area (Å²) in [5.74, 6) is 0.0612. The van der Waals surface area contributed by atoms with Crippen molar-refractivity contribution in [2.24, 2.45) is 5.41 Å². The molecule has 2 atom stereocenters. The standard InChI is InChI=1S/C46H53N7O8S/c1-30(2)37-6-3-4-7-38(37)41-8-5-17-52(41)33-25-46(26-33)14-18-51(19-15-46)32-9-11-39(43(23-32)61-34-22-31-13-16-47-44(31)49-27-34)45(54)50-62(57,58)36-10-12-40(42(24-36)53(55)56)48-28-35-29-59-20-21-60-35/h3-4,6-7,9-13,16,22-24,27,30,33,35,41,48H,5,8,14-15,17-21,25-26,28-29H2,1-2H3,(H,47,49)(H,50,54)/t35-,41-/m0/s1. The van der Waals surface area contributed by atoms with Gasteiger partial charge in [0.2, 0.25) is 0 Å². The molecule has 0 bridgehead atoms. The second-order valence-corrected chi connectivity index (χ2v) is 19.1. The number of anilines is 2. The first kappa shape index (κ1) is 41.8.